The van der Waals surface area contributed by atoms with Gasteiger partial charge in [0, 0.05) is 16.7 Å². The molecule has 0 aliphatic rings. The van der Waals surface area contributed by atoms with E-state index in [0.717, 1.165) is 12.1 Å². The van der Waals surface area contributed by atoms with Crippen LogP contribution in [-0.4, -0.2) is 11.2 Å². The van der Waals surface area contributed by atoms with Crippen LogP contribution in [0, 0.1) is 0 Å². The van der Waals surface area contributed by atoms with Gasteiger partial charge in [0.05, 0.1) is 5.38 Å². The lowest BCUT2D eigenvalue weighted by molar-refractivity contribution is 0.0976. The van der Waals surface area contributed by atoms with Gasteiger partial charge in [0.15, 0.2) is 5.78 Å². The Morgan fingerprint density at radius 3 is 2.18 bits per heavy atom. The van der Waals surface area contributed by atoms with Gasteiger partial charge in [0.2, 0.25) is 0 Å². The van der Waals surface area contributed by atoms with E-state index in [4.69, 9.17) is 11.6 Å². The monoisotopic (exact) mass is 268 g/mol. The van der Waals surface area contributed by atoms with Crippen molar-refractivity contribution >= 4 is 17.4 Å². The third-order valence-electron chi connectivity index (χ3n) is 2.19. The van der Waals surface area contributed by atoms with E-state index in [1.54, 1.807) is 0 Å². The first kappa shape index (κ1) is 14.0. The molecule has 0 aromatic heterocycles. The first-order chi connectivity index (χ1) is 7.84. The van der Waals surface area contributed by atoms with Gasteiger partial charge in [-0.05, 0) is 13.0 Å². The number of carbonyl (C=O) groups excluding carboxylic acids is 1. The molecule has 1 rings (SSSR count). The molecule has 0 aliphatic carbocycles. The first-order valence-corrected chi connectivity index (χ1v) is 5.16. The summed E-state index contributed by atoms with van der Waals surface area (Å²) in [6.07, 6.45) is -5.85. The van der Waals surface area contributed by atoms with Gasteiger partial charge in [-0.25, -0.2) is 17.6 Å². The summed E-state index contributed by atoms with van der Waals surface area (Å²) < 4.78 is 50.0. The minimum atomic E-state index is -3.00. The summed E-state index contributed by atoms with van der Waals surface area (Å²) in [5.41, 5.74) is -1.56. The van der Waals surface area contributed by atoms with Gasteiger partial charge >= 0.3 is 0 Å². The number of ketones is 1. The van der Waals surface area contributed by atoms with E-state index in [1.165, 1.54) is 6.92 Å². The van der Waals surface area contributed by atoms with E-state index in [9.17, 15) is 22.4 Å². The van der Waals surface area contributed by atoms with E-state index in [-0.39, 0.29) is 5.56 Å². The van der Waals surface area contributed by atoms with Crippen molar-refractivity contribution in [1.82, 2.24) is 0 Å². The molecule has 1 nitrogen and oxygen atoms in total. The van der Waals surface area contributed by atoms with Crippen LogP contribution < -0.4 is 0 Å². The molecular weight excluding hydrogens is 260 g/mol. The zero-order valence-electron chi connectivity index (χ0n) is 8.76. The molecule has 1 atom stereocenters. The quantitative estimate of drug-likeness (QED) is 0.450. The Morgan fingerprint density at radius 1 is 1.18 bits per heavy atom. The van der Waals surface area contributed by atoms with Crippen LogP contribution in [0.4, 0.5) is 17.6 Å². The molecule has 94 valence electrons. The van der Waals surface area contributed by atoms with Gasteiger partial charge in [-0.2, -0.15) is 0 Å². The Morgan fingerprint density at radius 2 is 1.76 bits per heavy atom. The second kappa shape index (κ2) is 5.49. The smallest absolute Gasteiger partial charge is 0.264 e. The fourth-order valence-electron chi connectivity index (χ4n) is 1.34. The molecule has 0 radical (unpaired) electrons. The zero-order valence-corrected chi connectivity index (χ0v) is 9.52. The van der Waals surface area contributed by atoms with Crippen LogP contribution in [0.3, 0.4) is 0 Å². The normalized spacial score (nSPS) is 13.2. The van der Waals surface area contributed by atoms with E-state index in [1.807, 2.05) is 0 Å². The lowest BCUT2D eigenvalue weighted by atomic mass is 9.99. The number of benzene rings is 1. The average molecular weight is 269 g/mol. The molecular formula is C11H9ClF4O. The highest BCUT2D eigenvalue weighted by Gasteiger charge is 2.23. The summed E-state index contributed by atoms with van der Waals surface area (Å²) in [4.78, 5) is 11.5. The second-order valence-electron chi connectivity index (χ2n) is 3.43. The number of alkyl halides is 5. The van der Waals surface area contributed by atoms with Crippen LogP contribution in [0.5, 0.6) is 0 Å². The number of Topliss-reactive ketones (excluding diaryl/α,β-unsaturated/α-hetero) is 1. The number of hydrogen-bond acceptors (Lipinski definition) is 1. The molecule has 1 aromatic rings. The third kappa shape index (κ3) is 3.19. The maximum atomic E-state index is 12.7. The van der Waals surface area contributed by atoms with Crippen LogP contribution in [0.1, 0.15) is 41.3 Å². The fraction of sp³-hybridized carbons (Fsp3) is 0.364. The van der Waals surface area contributed by atoms with Gasteiger partial charge in [0.25, 0.3) is 12.9 Å². The second-order valence-corrected chi connectivity index (χ2v) is 4.08. The molecule has 1 unspecified atom stereocenters. The minimum absolute atomic E-state index is 0.313. The molecule has 17 heavy (non-hydrogen) atoms. The highest BCUT2D eigenvalue weighted by atomic mass is 35.5. The number of hydrogen-bond donors (Lipinski definition) is 0. The lowest BCUT2D eigenvalue weighted by Gasteiger charge is -2.11. The third-order valence-corrected chi connectivity index (χ3v) is 2.39. The maximum absolute atomic E-state index is 12.7. The van der Waals surface area contributed by atoms with Crippen LogP contribution in [0.2, 0.25) is 0 Å². The van der Waals surface area contributed by atoms with Crippen molar-refractivity contribution in [3.8, 4) is 0 Å². The highest BCUT2D eigenvalue weighted by molar-refractivity contribution is 6.33. The molecule has 0 heterocycles. The van der Waals surface area contributed by atoms with Crippen LogP contribution >= 0.6 is 11.6 Å². The molecule has 0 spiro atoms. The van der Waals surface area contributed by atoms with Crippen molar-refractivity contribution in [2.24, 2.45) is 0 Å². The molecule has 0 fully saturated rings. The Hall–Kier alpha value is -1.10. The first-order valence-electron chi connectivity index (χ1n) is 4.73. The Bertz CT molecular complexity index is 418. The summed E-state index contributed by atoms with van der Waals surface area (Å²) >= 11 is 5.50. The molecule has 0 N–H and O–H groups in total. The van der Waals surface area contributed by atoms with E-state index >= 15 is 0 Å². The Balaban J connectivity index is 3.27. The molecule has 0 amide bonds. The minimum Gasteiger partial charge on any atom is -0.293 e. The van der Waals surface area contributed by atoms with E-state index in [0.29, 0.717) is 6.07 Å². The van der Waals surface area contributed by atoms with Crippen LogP contribution in [0.15, 0.2) is 18.2 Å². The topological polar surface area (TPSA) is 17.1 Å². The SMILES string of the molecule is CC(Cl)C(=O)c1ccc(C(F)F)cc1C(F)F. The van der Waals surface area contributed by atoms with E-state index < -0.39 is 35.1 Å². The van der Waals surface area contributed by atoms with Gasteiger partial charge in [-0.3, -0.25) is 4.79 Å². The molecule has 6 heteroatoms. The molecule has 1 aromatic carbocycles. The van der Waals surface area contributed by atoms with E-state index in [2.05, 4.69) is 0 Å². The van der Waals surface area contributed by atoms with Gasteiger partial charge < -0.3 is 0 Å². The van der Waals surface area contributed by atoms with Gasteiger partial charge in [0.1, 0.15) is 0 Å². The Kier molecular flexibility index (Phi) is 4.51. The predicted octanol–water partition coefficient (Wildman–Crippen LogP) is 4.37. The zero-order chi connectivity index (χ0) is 13.2. The molecule has 0 aliphatic heterocycles. The summed E-state index contributed by atoms with van der Waals surface area (Å²) in [6.45, 7) is 1.33. The number of rotatable bonds is 4. The van der Waals surface area contributed by atoms with Crippen molar-refractivity contribution < 1.29 is 22.4 Å². The standard InChI is InChI=1S/C11H9ClF4O/c1-5(12)9(17)7-3-2-6(10(13)14)4-8(7)11(15)16/h2-5,10-11H,1H3. The van der Waals surface area contributed by atoms with Crippen molar-refractivity contribution in [3.63, 3.8) is 0 Å². The summed E-state index contributed by atoms with van der Waals surface area (Å²) in [6, 6.07) is 2.55. The Labute approximate surface area is 100 Å². The maximum Gasteiger partial charge on any atom is 0.264 e. The predicted molar refractivity (Wildman–Crippen MR) is 56.0 cm³/mol. The van der Waals surface area contributed by atoms with Gasteiger partial charge in [-0.1, -0.05) is 12.1 Å². The van der Waals surface area contributed by atoms with Crippen molar-refractivity contribution in [3.05, 3.63) is 34.9 Å². The summed E-state index contributed by atoms with van der Waals surface area (Å²) in [7, 11) is 0. The fourth-order valence-corrected chi connectivity index (χ4v) is 1.45. The summed E-state index contributed by atoms with van der Waals surface area (Å²) in [5, 5.41) is -0.982. The number of halogens is 5. The van der Waals surface area contributed by atoms with Crippen molar-refractivity contribution in [2.45, 2.75) is 25.2 Å². The van der Waals surface area contributed by atoms with Crippen molar-refractivity contribution in [2.75, 3.05) is 0 Å². The van der Waals surface area contributed by atoms with Crippen molar-refractivity contribution in [1.29, 1.82) is 0 Å². The average Bonchev–Trinajstić information content (AvgIpc) is 2.26. The lowest BCUT2D eigenvalue weighted by Crippen LogP contribution is -2.13. The van der Waals surface area contributed by atoms with Crippen LogP contribution in [0.25, 0.3) is 0 Å². The highest BCUT2D eigenvalue weighted by Crippen LogP contribution is 2.29. The van der Waals surface area contributed by atoms with Gasteiger partial charge in [-0.15, -0.1) is 11.6 Å². The molecule has 0 saturated carbocycles. The largest absolute Gasteiger partial charge is 0.293 e. The molecule has 0 saturated heterocycles. The number of carbonyl (C=O) groups is 1. The summed E-state index contributed by atoms with van der Waals surface area (Å²) in [5.74, 6) is -0.706. The van der Waals surface area contributed by atoms with Crippen LogP contribution in [-0.2, 0) is 0 Å². The molecule has 0 bridgehead atoms.